The summed E-state index contributed by atoms with van der Waals surface area (Å²) in [6.45, 7) is 9.59. The predicted molar refractivity (Wildman–Crippen MR) is 111 cm³/mol. The number of carbonyl (C=O) groups is 1. The number of rotatable bonds is 4. The standard InChI is InChI=1S/C22H27N5O2/c1-5-27-16(4)20(15(3)25-27)18-12-19(24-23-18)21(28)26-11-10-22(29,13-26)17-8-6-14(2)7-9-17/h6-9,12,29H,5,10-11,13H2,1-4H3,(H,23,24). The molecule has 2 N–H and O–H groups in total. The van der Waals surface area contributed by atoms with Gasteiger partial charge in [-0.2, -0.15) is 10.2 Å². The summed E-state index contributed by atoms with van der Waals surface area (Å²) in [5.74, 6) is -0.148. The van der Waals surface area contributed by atoms with E-state index in [0.29, 0.717) is 18.7 Å². The third-order valence-electron chi connectivity index (χ3n) is 5.87. The van der Waals surface area contributed by atoms with E-state index in [0.717, 1.165) is 40.3 Å². The molecule has 7 heteroatoms. The van der Waals surface area contributed by atoms with E-state index in [2.05, 4.69) is 15.3 Å². The SMILES string of the molecule is CCn1nc(C)c(-c2cc(C(=O)N3CCC(O)(c4ccc(C)cc4)C3)[nH]n2)c1C. The van der Waals surface area contributed by atoms with Gasteiger partial charge >= 0.3 is 0 Å². The molecule has 0 radical (unpaired) electrons. The number of aromatic amines is 1. The average molecular weight is 393 g/mol. The molecule has 1 amide bonds. The molecule has 1 unspecified atom stereocenters. The fourth-order valence-electron chi connectivity index (χ4n) is 4.17. The Labute approximate surface area is 170 Å². The lowest BCUT2D eigenvalue weighted by Crippen LogP contribution is -2.34. The van der Waals surface area contributed by atoms with Crippen molar-refractivity contribution in [3.05, 3.63) is 58.5 Å². The molecule has 1 aromatic carbocycles. The van der Waals surface area contributed by atoms with E-state index in [-0.39, 0.29) is 12.5 Å². The van der Waals surface area contributed by atoms with Gasteiger partial charge in [-0.05, 0) is 45.7 Å². The van der Waals surface area contributed by atoms with Gasteiger partial charge < -0.3 is 10.0 Å². The molecule has 4 rings (SSSR count). The van der Waals surface area contributed by atoms with Gasteiger partial charge in [-0.3, -0.25) is 14.6 Å². The zero-order valence-electron chi connectivity index (χ0n) is 17.4. The van der Waals surface area contributed by atoms with E-state index in [1.807, 2.05) is 56.6 Å². The van der Waals surface area contributed by atoms with E-state index in [4.69, 9.17) is 0 Å². The van der Waals surface area contributed by atoms with Crippen LogP contribution >= 0.6 is 0 Å². The molecular formula is C22H27N5O2. The van der Waals surface area contributed by atoms with E-state index < -0.39 is 5.60 Å². The lowest BCUT2D eigenvalue weighted by atomic mass is 9.92. The van der Waals surface area contributed by atoms with Crippen LogP contribution < -0.4 is 0 Å². The Bertz CT molecular complexity index is 1050. The van der Waals surface area contributed by atoms with Crippen molar-refractivity contribution in [2.45, 2.75) is 46.3 Å². The van der Waals surface area contributed by atoms with Gasteiger partial charge in [0.1, 0.15) is 11.3 Å². The molecule has 2 aromatic heterocycles. The summed E-state index contributed by atoms with van der Waals surface area (Å²) in [7, 11) is 0. The Kier molecular flexibility index (Phi) is 4.78. The third kappa shape index (κ3) is 3.35. The maximum absolute atomic E-state index is 13.0. The fourth-order valence-corrected chi connectivity index (χ4v) is 4.17. The minimum Gasteiger partial charge on any atom is -0.383 e. The van der Waals surface area contributed by atoms with Crippen LogP contribution in [0.15, 0.2) is 30.3 Å². The Hall–Kier alpha value is -2.93. The van der Waals surface area contributed by atoms with Crippen molar-refractivity contribution < 1.29 is 9.90 Å². The molecule has 1 saturated heterocycles. The predicted octanol–water partition coefficient (Wildman–Crippen LogP) is 2.95. The number of hydrogen-bond acceptors (Lipinski definition) is 4. The molecular weight excluding hydrogens is 366 g/mol. The minimum absolute atomic E-state index is 0.148. The molecule has 0 spiro atoms. The van der Waals surface area contributed by atoms with Crippen LogP contribution in [0.5, 0.6) is 0 Å². The summed E-state index contributed by atoms with van der Waals surface area (Å²) in [5, 5.41) is 22.8. The molecule has 152 valence electrons. The quantitative estimate of drug-likeness (QED) is 0.713. The smallest absolute Gasteiger partial charge is 0.271 e. The minimum atomic E-state index is -1.01. The number of carbonyl (C=O) groups excluding carboxylic acids is 1. The van der Waals surface area contributed by atoms with Crippen molar-refractivity contribution in [3.63, 3.8) is 0 Å². The first-order valence-corrected chi connectivity index (χ1v) is 10.0. The summed E-state index contributed by atoms with van der Waals surface area (Å²) in [6.07, 6.45) is 0.518. The normalized spacial score (nSPS) is 19.1. The maximum Gasteiger partial charge on any atom is 0.271 e. The highest BCUT2D eigenvalue weighted by molar-refractivity contribution is 5.93. The highest BCUT2D eigenvalue weighted by atomic mass is 16.3. The molecule has 1 aliphatic rings. The Morgan fingerprint density at radius 1 is 1.24 bits per heavy atom. The number of likely N-dealkylation sites (tertiary alicyclic amines) is 1. The van der Waals surface area contributed by atoms with Crippen LogP contribution in [0.2, 0.25) is 0 Å². The number of nitrogens with one attached hydrogen (secondary N) is 1. The highest BCUT2D eigenvalue weighted by Gasteiger charge is 2.40. The highest BCUT2D eigenvalue weighted by Crippen LogP contribution is 2.33. The molecule has 0 bridgehead atoms. The van der Waals surface area contributed by atoms with Gasteiger partial charge in [-0.15, -0.1) is 0 Å². The van der Waals surface area contributed by atoms with E-state index in [1.165, 1.54) is 0 Å². The van der Waals surface area contributed by atoms with Crippen LogP contribution in [-0.4, -0.2) is 49.0 Å². The van der Waals surface area contributed by atoms with Crippen molar-refractivity contribution in [2.75, 3.05) is 13.1 Å². The van der Waals surface area contributed by atoms with Crippen molar-refractivity contribution in [2.24, 2.45) is 0 Å². The van der Waals surface area contributed by atoms with Crippen LogP contribution in [-0.2, 0) is 12.1 Å². The molecule has 0 saturated carbocycles. The number of aromatic nitrogens is 4. The molecule has 1 atom stereocenters. The first-order chi connectivity index (χ1) is 13.8. The zero-order chi connectivity index (χ0) is 20.8. The van der Waals surface area contributed by atoms with Gasteiger partial charge in [-0.1, -0.05) is 29.8 Å². The van der Waals surface area contributed by atoms with E-state index in [9.17, 15) is 9.90 Å². The second-order valence-electron chi connectivity index (χ2n) is 7.90. The zero-order valence-corrected chi connectivity index (χ0v) is 17.4. The lowest BCUT2D eigenvalue weighted by Gasteiger charge is -2.24. The number of hydrogen-bond donors (Lipinski definition) is 2. The second-order valence-corrected chi connectivity index (χ2v) is 7.90. The van der Waals surface area contributed by atoms with Gasteiger partial charge in [0.2, 0.25) is 0 Å². The fraction of sp³-hybridized carbons (Fsp3) is 0.409. The number of aliphatic hydroxyl groups is 1. The van der Waals surface area contributed by atoms with Crippen LogP contribution in [0.4, 0.5) is 0 Å². The second kappa shape index (κ2) is 7.15. The molecule has 1 fully saturated rings. The summed E-state index contributed by atoms with van der Waals surface area (Å²) in [6, 6.07) is 9.63. The monoisotopic (exact) mass is 393 g/mol. The van der Waals surface area contributed by atoms with Gasteiger partial charge in [0.05, 0.1) is 17.9 Å². The van der Waals surface area contributed by atoms with Crippen molar-refractivity contribution in [1.82, 2.24) is 24.9 Å². The summed E-state index contributed by atoms with van der Waals surface area (Å²) >= 11 is 0. The topological polar surface area (TPSA) is 87.0 Å². The summed E-state index contributed by atoms with van der Waals surface area (Å²) < 4.78 is 1.93. The molecule has 3 heterocycles. The van der Waals surface area contributed by atoms with Gasteiger partial charge in [-0.25, -0.2) is 0 Å². The number of nitrogens with zero attached hydrogens (tertiary/aromatic N) is 4. The van der Waals surface area contributed by atoms with Crippen LogP contribution in [0.1, 0.15) is 46.3 Å². The number of amides is 1. The average Bonchev–Trinajstić information content (AvgIpc) is 3.40. The number of aryl methyl sites for hydroxylation is 3. The Morgan fingerprint density at radius 2 is 1.97 bits per heavy atom. The van der Waals surface area contributed by atoms with Crippen LogP contribution in [0.3, 0.4) is 0 Å². The van der Waals surface area contributed by atoms with Gasteiger partial charge in [0.25, 0.3) is 5.91 Å². The number of benzene rings is 1. The largest absolute Gasteiger partial charge is 0.383 e. The Balaban J connectivity index is 1.54. The number of H-pyrrole nitrogens is 1. The van der Waals surface area contributed by atoms with Crippen molar-refractivity contribution in [1.29, 1.82) is 0 Å². The van der Waals surface area contributed by atoms with Crippen LogP contribution in [0, 0.1) is 20.8 Å². The van der Waals surface area contributed by atoms with Gasteiger partial charge in [0, 0.05) is 24.3 Å². The van der Waals surface area contributed by atoms with Gasteiger partial charge in [0.15, 0.2) is 0 Å². The Morgan fingerprint density at radius 3 is 2.62 bits per heavy atom. The lowest BCUT2D eigenvalue weighted by molar-refractivity contribution is 0.0415. The molecule has 7 nitrogen and oxygen atoms in total. The molecule has 0 aliphatic carbocycles. The van der Waals surface area contributed by atoms with Crippen molar-refractivity contribution in [3.8, 4) is 11.3 Å². The third-order valence-corrected chi connectivity index (χ3v) is 5.87. The van der Waals surface area contributed by atoms with E-state index >= 15 is 0 Å². The van der Waals surface area contributed by atoms with Crippen LogP contribution in [0.25, 0.3) is 11.3 Å². The first-order valence-electron chi connectivity index (χ1n) is 10.0. The maximum atomic E-state index is 13.0. The van der Waals surface area contributed by atoms with Crippen molar-refractivity contribution >= 4 is 5.91 Å². The van der Waals surface area contributed by atoms with E-state index in [1.54, 1.807) is 11.0 Å². The first kappa shape index (κ1) is 19.4. The molecule has 29 heavy (non-hydrogen) atoms. The summed E-state index contributed by atoms with van der Waals surface area (Å²) in [5.41, 5.74) is 5.01. The summed E-state index contributed by atoms with van der Waals surface area (Å²) in [4.78, 5) is 14.7. The molecule has 1 aliphatic heterocycles. The molecule has 3 aromatic rings. The number of β-amino-alcohol motifs (C(OH)–C–C–N with tert-alkyl or cyclic N) is 1.